The van der Waals surface area contributed by atoms with Crippen molar-refractivity contribution < 1.29 is 28.3 Å². The Balaban J connectivity index is 1.90. The first-order chi connectivity index (χ1) is 15.5. The Hall–Kier alpha value is -2.49. The molecule has 4 N–H and O–H groups in total. The van der Waals surface area contributed by atoms with E-state index in [0.717, 1.165) is 12.8 Å². The highest BCUT2D eigenvalue weighted by Crippen LogP contribution is 2.32. The molecule has 0 spiro atoms. The Morgan fingerprint density at radius 1 is 1.27 bits per heavy atom. The molecule has 4 unspecified atom stereocenters. The minimum atomic E-state index is -1.20. The van der Waals surface area contributed by atoms with E-state index >= 15 is 0 Å². The fourth-order valence-electron chi connectivity index (χ4n) is 4.56. The van der Waals surface area contributed by atoms with Crippen molar-refractivity contribution >= 4 is 23.0 Å². The van der Waals surface area contributed by atoms with Crippen LogP contribution < -0.4 is 15.8 Å². The van der Waals surface area contributed by atoms with Gasteiger partial charge in [-0.3, -0.25) is 5.32 Å². The molecule has 33 heavy (non-hydrogen) atoms. The normalized spacial score (nSPS) is 23.6. The van der Waals surface area contributed by atoms with Gasteiger partial charge in [-0.25, -0.2) is 14.6 Å². The average Bonchev–Trinajstić information content (AvgIpc) is 3.38. The molecule has 3 rings (SSSR count). The van der Waals surface area contributed by atoms with Crippen molar-refractivity contribution in [1.29, 1.82) is 0 Å². The van der Waals surface area contributed by atoms with E-state index in [1.807, 2.05) is 34.6 Å². The van der Waals surface area contributed by atoms with Crippen molar-refractivity contribution in [2.75, 3.05) is 13.7 Å². The summed E-state index contributed by atoms with van der Waals surface area (Å²) in [5.74, 6) is 0.207. The van der Waals surface area contributed by atoms with Crippen LogP contribution in [-0.4, -0.2) is 58.3 Å². The molecule has 0 saturated carbocycles. The van der Waals surface area contributed by atoms with Crippen LogP contribution in [0.1, 0.15) is 59.5 Å². The maximum atomic E-state index is 13.7. The van der Waals surface area contributed by atoms with Gasteiger partial charge in [0, 0.05) is 18.9 Å². The second kappa shape index (κ2) is 9.79. The summed E-state index contributed by atoms with van der Waals surface area (Å²) in [7, 11) is 1.56. The topological polar surface area (TPSA) is 128 Å². The van der Waals surface area contributed by atoms with Crippen molar-refractivity contribution in [2.45, 2.75) is 71.7 Å². The second-order valence-electron chi connectivity index (χ2n) is 9.74. The van der Waals surface area contributed by atoms with Crippen LogP contribution in [0.4, 0.5) is 4.79 Å². The first kappa shape index (κ1) is 25.1. The van der Waals surface area contributed by atoms with Gasteiger partial charge < -0.3 is 20.0 Å². The molecule has 1 aromatic heterocycles. The number of hydrogen-bond acceptors (Lipinski definition) is 7. The van der Waals surface area contributed by atoms with Crippen molar-refractivity contribution in [3.8, 4) is 5.75 Å². The van der Waals surface area contributed by atoms with Crippen LogP contribution in [0.2, 0.25) is 0 Å². The van der Waals surface area contributed by atoms with Crippen LogP contribution in [-0.2, 0) is 4.79 Å². The van der Waals surface area contributed by atoms with E-state index in [0.29, 0.717) is 23.4 Å². The monoisotopic (exact) mass is 461 g/mol. The molecule has 3 amide bonds. The van der Waals surface area contributed by atoms with Crippen molar-refractivity contribution in [3.05, 3.63) is 24.1 Å². The summed E-state index contributed by atoms with van der Waals surface area (Å²) in [5, 5.41) is 14.1. The Morgan fingerprint density at radius 2 is 1.97 bits per heavy atom. The molecule has 1 aliphatic rings. The van der Waals surface area contributed by atoms with Gasteiger partial charge in [-0.05, 0) is 30.9 Å². The van der Waals surface area contributed by atoms with E-state index in [4.69, 9.17) is 14.9 Å². The van der Waals surface area contributed by atoms with E-state index < -0.39 is 24.2 Å². The lowest BCUT2D eigenvalue weighted by Gasteiger charge is -2.37. The number of ether oxygens (including phenoxy) is 1. The van der Waals surface area contributed by atoms with Crippen LogP contribution in [0.3, 0.4) is 0 Å². The van der Waals surface area contributed by atoms with Crippen LogP contribution in [0.15, 0.2) is 22.6 Å². The fourth-order valence-corrected chi connectivity index (χ4v) is 4.56. The maximum Gasteiger partial charge on any atom is 0.424 e. The van der Waals surface area contributed by atoms with Crippen molar-refractivity contribution in [1.82, 2.24) is 10.3 Å². The van der Waals surface area contributed by atoms with E-state index in [-0.39, 0.29) is 34.2 Å². The van der Waals surface area contributed by atoms with Gasteiger partial charge in [0.15, 0.2) is 11.7 Å². The maximum absolute atomic E-state index is 13.7. The molecule has 9 heteroatoms. The third kappa shape index (κ3) is 4.62. The van der Waals surface area contributed by atoms with Gasteiger partial charge in [0.05, 0.1) is 19.7 Å². The molecule has 0 bridgehead atoms. The van der Waals surface area contributed by atoms with Gasteiger partial charge in [0.25, 0.3) is 0 Å². The smallest absolute Gasteiger partial charge is 0.424 e. The SMILES string of the molecule is COc1ccc2oc(C(O)C(NC(=O)[N@@+]3(C(=O)C(N)C(C)C)CCCC3C)C(C)C)nc2c1. The highest BCUT2D eigenvalue weighted by molar-refractivity contribution is 5.87. The molecule has 2 heterocycles. The second-order valence-corrected chi connectivity index (χ2v) is 9.74. The number of urea groups is 1. The molecule has 5 atom stereocenters. The minimum absolute atomic E-state index is 0.0867. The predicted molar refractivity (Wildman–Crippen MR) is 124 cm³/mol. The molecule has 2 aromatic rings. The van der Waals surface area contributed by atoms with Crippen molar-refractivity contribution in [3.63, 3.8) is 0 Å². The van der Waals surface area contributed by atoms with Gasteiger partial charge >= 0.3 is 11.9 Å². The molecule has 182 valence electrons. The number of aromatic nitrogens is 1. The lowest BCUT2D eigenvalue weighted by molar-refractivity contribution is -0.786. The fraction of sp³-hybridized carbons (Fsp3) is 0.625. The third-order valence-electron chi connectivity index (χ3n) is 6.86. The van der Waals surface area contributed by atoms with Crippen LogP contribution in [0.5, 0.6) is 5.75 Å². The highest BCUT2D eigenvalue weighted by Gasteiger charge is 2.55. The largest absolute Gasteiger partial charge is 0.497 e. The summed E-state index contributed by atoms with van der Waals surface area (Å²) in [6.45, 7) is 9.84. The number of oxazole rings is 1. The number of carbonyl (C=O) groups is 2. The zero-order valence-corrected chi connectivity index (χ0v) is 20.4. The van der Waals surface area contributed by atoms with Crippen molar-refractivity contribution in [2.24, 2.45) is 17.6 Å². The number of quaternary nitrogens is 1. The summed E-state index contributed by atoms with van der Waals surface area (Å²) >= 11 is 0. The average molecular weight is 462 g/mol. The number of amides is 3. The number of fused-ring (bicyclic) bond motifs is 1. The van der Waals surface area contributed by atoms with Gasteiger partial charge in [-0.15, -0.1) is 0 Å². The number of aliphatic hydroxyl groups excluding tert-OH is 1. The number of aliphatic hydroxyl groups is 1. The summed E-state index contributed by atoms with van der Waals surface area (Å²) in [6, 6.07) is 3.11. The molecule has 0 radical (unpaired) electrons. The summed E-state index contributed by atoms with van der Waals surface area (Å²) in [6.07, 6.45) is 0.318. The highest BCUT2D eigenvalue weighted by atomic mass is 16.5. The first-order valence-electron chi connectivity index (χ1n) is 11.6. The molecular weight excluding hydrogens is 424 g/mol. The standard InChI is InChI=1S/C24H36N4O5/c1-13(2)19(25)23(30)28(11-7-8-15(28)5)24(31)27-20(14(3)4)21(29)22-26-17-12-16(32-6)9-10-18(17)33-22/h9-10,12-15,19-21,29H,7-8,11,25H2,1-6H3/p+1/t15?,19?,20?,21?,28-/m0/s1. The minimum Gasteiger partial charge on any atom is -0.497 e. The lowest BCUT2D eigenvalue weighted by Crippen LogP contribution is -2.68. The summed E-state index contributed by atoms with van der Waals surface area (Å²) in [5.41, 5.74) is 7.26. The van der Waals surface area contributed by atoms with E-state index in [1.54, 1.807) is 25.3 Å². The van der Waals surface area contributed by atoms with Gasteiger partial charge in [0.1, 0.15) is 23.3 Å². The molecule has 0 aliphatic carbocycles. The molecule has 1 aromatic carbocycles. The number of likely N-dealkylation sites (tertiary alicyclic amines) is 1. The molecule has 9 nitrogen and oxygen atoms in total. The number of imide groups is 1. The van der Waals surface area contributed by atoms with Gasteiger partial charge in [-0.2, -0.15) is 4.48 Å². The summed E-state index contributed by atoms with van der Waals surface area (Å²) in [4.78, 5) is 31.5. The number of hydrogen-bond donors (Lipinski definition) is 3. The van der Waals surface area contributed by atoms with E-state index in [2.05, 4.69) is 10.3 Å². The number of nitrogens with two attached hydrogens (primary N) is 1. The van der Waals surface area contributed by atoms with Gasteiger partial charge in [0.2, 0.25) is 5.89 Å². The number of benzene rings is 1. The third-order valence-corrected chi connectivity index (χ3v) is 6.86. The molecule has 1 saturated heterocycles. The Morgan fingerprint density at radius 3 is 2.52 bits per heavy atom. The molecular formula is C24H37N4O5+. The lowest BCUT2D eigenvalue weighted by atomic mass is 9.98. The Bertz CT molecular complexity index is 1000. The number of methoxy groups -OCH3 is 1. The number of nitrogens with one attached hydrogen (secondary N) is 1. The quantitative estimate of drug-likeness (QED) is 0.541. The van der Waals surface area contributed by atoms with E-state index in [1.165, 1.54) is 0 Å². The zero-order valence-electron chi connectivity index (χ0n) is 20.4. The van der Waals surface area contributed by atoms with Crippen LogP contribution in [0.25, 0.3) is 11.1 Å². The van der Waals surface area contributed by atoms with Gasteiger partial charge in [-0.1, -0.05) is 27.7 Å². The Kier molecular flexibility index (Phi) is 7.45. The first-order valence-corrected chi connectivity index (χ1v) is 11.6. The molecule has 1 fully saturated rings. The summed E-state index contributed by atoms with van der Waals surface area (Å²) < 4.78 is 10.6. The number of carbonyl (C=O) groups excluding carboxylic acids is 2. The predicted octanol–water partition coefficient (Wildman–Crippen LogP) is 3.11. The molecule has 1 aliphatic heterocycles. The number of nitrogens with zero attached hydrogens (tertiary/aromatic N) is 2. The van der Waals surface area contributed by atoms with Crippen LogP contribution in [0, 0.1) is 11.8 Å². The van der Waals surface area contributed by atoms with E-state index in [9.17, 15) is 14.7 Å². The van der Waals surface area contributed by atoms with Crippen LogP contribution >= 0.6 is 0 Å². The Labute approximate surface area is 194 Å². The number of rotatable bonds is 7. The zero-order chi connectivity index (χ0) is 24.5.